The first-order valence-corrected chi connectivity index (χ1v) is 12.0. The first-order chi connectivity index (χ1) is 17.2. The summed E-state index contributed by atoms with van der Waals surface area (Å²) in [4.78, 5) is 41.5. The van der Waals surface area contributed by atoms with Crippen molar-refractivity contribution in [3.05, 3.63) is 63.4 Å². The maximum Gasteiger partial charge on any atom is 0.277 e. The fraction of sp³-hybridized carbons (Fsp3) is 0.217. The standard InChI is InChI=1S/C23H21ClN8O3S/c1-11-4-12(13-5-19(24)27-7-17(13)35-3)14(6-26-11)21(33)29-23-28-16-9-32(10-18(16)36-23)22(34)20-15(25)8-31(2)30-20/h4-8H,9-10,25H2,1-3H3,(H,28,29,33). The number of carbonyl (C=O) groups is 2. The molecule has 36 heavy (non-hydrogen) atoms. The Hall–Kier alpha value is -4.03. The van der Waals surface area contributed by atoms with Gasteiger partial charge in [0.1, 0.15) is 10.9 Å². The van der Waals surface area contributed by atoms with E-state index >= 15 is 0 Å². The van der Waals surface area contributed by atoms with Crippen molar-refractivity contribution >= 4 is 45.6 Å². The Balaban J connectivity index is 1.36. The minimum Gasteiger partial charge on any atom is -0.494 e. The third kappa shape index (κ3) is 4.36. The van der Waals surface area contributed by atoms with Gasteiger partial charge in [-0.05, 0) is 19.1 Å². The molecule has 5 rings (SSSR count). The van der Waals surface area contributed by atoms with E-state index in [1.807, 2.05) is 6.92 Å². The average Bonchev–Trinajstić information content (AvgIpc) is 3.50. The lowest BCUT2D eigenvalue weighted by molar-refractivity contribution is 0.0745. The number of thiazole rings is 1. The summed E-state index contributed by atoms with van der Waals surface area (Å²) in [6.45, 7) is 2.50. The van der Waals surface area contributed by atoms with E-state index in [0.29, 0.717) is 46.3 Å². The van der Waals surface area contributed by atoms with E-state index in [2.05, 4.69) is 25.4 Å². The highest BCUT2D eigenvalue weighted by molar-refractivity contribution is 7.16. The number of aromatic nitrogens is 5. The number of nitrogens with one attached hydrogen (secondary N) is 1. The molecule has 0 fully saturated rings. The van der Waals surface area contributed by atoms with Gasteiger partial charge in [-0.1, -0.05) is 22.9 Å². The summed E-state index contributed by atoms with van der Waals surface area (Å²) >= 11 is 7.44. The number of nitrogens with zero attached hydrogens (tertiary/aromatic N) is 6. The van der Waals surface area contributed by atoms with Crippen LogP contribution in [0.15, 0.2) is 30.7 Å². The lowest BCUT2D eigenvalue weighted by Crippen LogP contribution is -2.26. The van der Waals surface area contributed by atoms with E-state index in [9.17, 15) is 9.59 Å². The smallest absolute Gasteiger partial charge is 0.277 e. The second kappa shape index (κ2) is 9.21. The number of hydrogen-bond acceptors (Lipinski definition) is 9. The second-order valence-electron chi connectivity index (χ2n) is 8.19. The first-order valence-electron chi connectivity index (χ1n) is 10.8. The molecule has 0 bridgehead atoms. The molecule has 2 amide bonds. The number of rotatable bonds is 5. The number of methoxy groups -OCH3 is 1. The summed E-state index contributed by atoms with van der Waals surface area (Å²) in [5.41, 5.74) is 9.45. The van der Waals surface area contributed by atoms with E-state index in [-0.39, 0.29) is 22.7 Å². The summed E-state index contributed by atoms with van der Waals surface area (Å²) in [6.07, 6.45) is 4.60. The Bertz CT molecular complexity index is 1490. The number of anilines is 2. The lowest BCUT2D eigenvalue weighted by Gasteiger charge is -2.14. The zero-order chi connectivity index (χ0) is 25.6. The fourth-order valence-corrected chi connectivity index (χ4v) is 5.12. The molecule has 0 saturated heterocycles. The van der Waals surface area contributed by atoms with Crippen molar-refractivity contribution in [1.82, 2.24) is 29.6 Å². The summed E-state index contributed by atoms with van der Waals surface area (Å²) in [7, 11) is 3.23. The monoisotopic (exact) mass is 524 g/mol. The third-order valence-corrected chi connectivity index (χ3v) is 6.85. The van der Waals surface area contributed by atoms with Crippen molar-refractivity contribution in [2.45, 2.75) is 20.0 Å². The largest absolute Gasteiger partial charge is 0.494 e. The molecule has 0 unspecified atom stereocenters. The van der Waals surface area contributed by atoms with Crippen LogP contribution in [0.25, 0.3) is 11.1 Å². The first kappa shape index (κ1) is 23.7. The summed E-state index contributed by atoms with van der Waals surface area (Å²) in [6, 6.07) is 3.43. The fourth-order valence-electron chi connectivity index (χ4n) is 3.98. The van der Waals surface area contributed by atoms with Crippen molar-refractivity contribution in [3.8, 4) is 16.9 Å². The Morgan fingerprint density at radius 2 is 2.00 bits per heavy atom. The van der Waals surface area contributed by atoms with Crippen LogP contribution >= 0.6 is 22.9 Å². The molecule has 184 valence electrons. The Kier molecular flexibility index (Phi) is 6.06. The van der Waals surface area contributed by atoms with Gasteiger partial charge in [0.15, 0.2) is 10.8 Å². The zero-order valence-electron chi connectivity index (χ0n) is 19.6. The van der Waals surface area contributed by atoms with Gasteiger partial charge < -0.3 is 15.4 Å². The molecule has 1 aliphatic rings. The molecule has 13 heteroatoms. The van der Waals surface area contributed by atoms with Crippen LogP contribution in [0.5, 0.6) is 5.75 Å². The average molecular weight is 525 g/mol. The summed E-state index contributed by atoms with van der Waals surface area (Å²) in [5, 5.41) is 7.71. The maximum atomic E-state index is 13.3. The molecule has 0 radical (unpaired) electrons. The maximum absolute atomic E-state index is 13.3. The van der Waals surface area contributed by atoms with E-state index in [4.69, 9.17) is 22.1 Å². The summed E-state index contributed by atoms with van der Waals surface area (Å²) in [5.74, 6) is -0.163. The minimum atomic E-state index is -0.380. The van der Waals surface area contributed by atoms with Crippen molar-refractivity contribution in [2.75, 3.05) is 18.2 Å². The highest BCUT2D eigenvalue weighted by Crippen LogP contribution is 2.35. The predicted octanol–water partition coefficient (Wildman–Crippen LogP) is 3.29. The van der Waals surface area contributed by atoms with E-state index in [0.717, 1.165) is 16.3 Å². The highest BCUT2D eigenvalue weighted by Gasteiger charge is 2.31. The SMILES string of the molecule is COc1cnc(Cl)cc1-c1cc(C)ncc1C(=O)Nc1nc2c(s1)CN(C(=O)c1nn(C)cc1N)C2. The van der Waals surface area contributed by atoms with Crippen LogP contribution in [-0.4, -0.2) is 48.6 Å². The van der Waals surface area contributed by atoms with Gasteiger partial charge in [0.2, 0.25) is 0 Å². The number of pyridine rings is 2. The van der Waals surface area contributed by atoms with Crippen LogP contribution in [0.2, 0.25) is 5.15 Å². The molecular formula is C23H21ClN8O3S. The van der Waals surface area contributed by atoms with Crippen molar-refractivity contribution in [3.63, 3.8) is 0 Å². The molecule has 1 aliphatic heterocycles. The molecule has 4 aromatic rings. The Morgan fingerprint density at radius 3 is 2.69 bits per heavy atom. The molecule has 4 aromatic heterocycles. The van der Waals surface area contributed by atoms with Crippen LogP contribution in [0, 0.1) is 6.92 Å². The van der Waals surface area contributed by atoms with Crippen LogP contribution in [0.3, 0.4) is 0 Å². The number of aryl methyl sites for hydroxylation is 2. The van der Waals surface area contributed by atoms with E-state index in [1.165, 1.54) is 35.5 Å². The predicted molar refractivity (Wildman–Crippen MR) is 135 cm³/mol. The molecule has 5 heterocycles. The minimum absolute atomic E-state index is 0.215. The van der Waals surface area contributed by atoms with Crippen LogP contribution in [0.1, 0.15) is 37.1 Å². The van der Waals surface area contributed by atoms with Crippen LogP contribution in [-0.2, 0) is 20.1 Å². The van der Waals surface area contributed by atoms with Gasteiger partial charge >= 0.3 is 0 Å². The topological polar surface area (TPSA) is 141 Å². The Morgan fingerprint density at radius 1 is 1.19 bits per heavy atom. The van der Waals surface area contributed by atoms with E-state index < -0.39 is 0 Å². The second-order valence-corrected chi connectivity index (χ2v) is 9.66. The Labute approximate surface area is 214 Å². The molecule has 0 aromatic carbocycles. The van der Waals surface area contributed by atoms with Gasteiger partial charge in [0.05, 0.1) is 48.2 Å². The number of carbonyl (C=O) groups excluding carboxylic acids is 2. The van der Waals surface area contributed by atoms with Gasteiger partial charge in [-0.2, -0.15) is 5.10 Å². The molecule has 11 nitrogen and oxygen atoms in total. The molecule has 0 spiro atoms. The third-order valence-electron chi connectivity index (χ3n) is 5.65. The number of nitrogens with two attached hydrogens (primary N) is 1. The van der Waals surface area contributed by atoms with Gasteiger partial charge in [0.25, 0.3) is 11.8 Å². The van der Waals surface area contributed by atoms with Crippen LogP contribution < -0.4 is 15.8 Å². The van der Waals surface area contributed by atoms with Gasteiger partial charge in [-0.3, -0.25) is 24.6 Å². The van der Waals surface area contributed by atoms with Gasteiger partial charge in [-0.25, -0.2) is 9.97 Å². The number of ether oxygens (including phenoxy) is 1. The normalized spacial score (nSPS) is 12.5. The molecule has 3 N–H and O–H groups in total. The number of amides is 2. The van der Waals surface area contributed by atoms with E-state index in [1.54, 1.807) is 30.3 Å². The number of hydrogen-bond donors (Lipinski definition) is 2. The number of halogens is 1. The van der Waals surface area contributed by atoms with Gasteiger partial charge in [0, 0.05) is 36.3 Å². The summed E-state index contributed by atoms with van der Waals surface area (Å²) < 4.78 is 6.93. The number of fused-ring (bicyclic) bond motifs is 1. The zero-order valence-corrected chi connectivity index (χ0v) is 21.1. The van der Waals surface area contributed by atoms with Crippen LogP contribution in [0.4, 0.5) is 10.8 Å². The number of nitrogen functional groups attached to an aromatic ring is 1. The van der Waals surface area contributed by atoms with Crippen molar-refractivity contribution in [2.24, 2.45) is 7.05 Å². The molecule has 0 saturated carbocycles. The quantitative estimate of drug-likeness (QED) is 0.379. The lowest BCUT2D eigenvalue weighted by atomic mass is 10.0. The van der Waals surface area contributed by atoms with Gasteiger partial charge in [-0.15, -0.1) is 0 Å². The molecule has 0 atom stereocenters. The van der Waals surface area contributed by atoms with Crippen molar-refractivity contribution in [1.29, 1.82) is 0 Å². The highest BCUT2D eigenvalue weighted by atomic mass is 35.5. The molecular weight excluding hydrogens is 504 g/mol. The molecule has 0 aliphatic carbocycles. The van der Waals surface area contributed by atoms with Crippen molar-refractivity contribution < 1.29 is 14.3 Å².